The molecular formula is C32H40N10O5. The minimum Gasteiger partial charge on any atom is -0.480 e. The van der Waals surface area contributed by atoms with Crippen LogP contribution in [-0.4, -0.2) is 80.4 Å². The van der Waals surface area contributed by atoms with Gasteiger partial charge in [0.15, 0.2) is 5.96 Å². The zero-order chi connectivity index (χ0) is 33.8. The van der Waals surface area contributed by atoms with Gasteiger partial charge in [-0.25, -0.2) is 9.78 Å². The van der Waals surface area contributed by atoms with Crippen LogP contribution in [0.3, 0.4) is 0 Å². The highest BCUT2D eigenvalue weighted by Gasteiger charge is 2.31. The minimum absolute atomic E-state index is 0.0360. The number of benzene rings is 2. The van der Waals surface area contributed by atoms with Crippen molar-refractivity contribution in [3.63, 3.8) is 0 Å². The number of aliphatic carboxylic acids is 1. The van der Waals surface area contributed by atoms with Gasteiger partial charge in [0.1, 0.15) is 18.1 Å². The SMILES string of the molecule is NC(N)=NCCC[C@H](N)C(=O)N[C@@H](Cc1ccccc1)C(=O)N[C@@H](Cc1c[nH]c2ccccc12)C(=O)N[C@@H](Cc1cnc[nH]1)C(=O)O. The minimum atomic E-state index is -1.30. The number of guanidine groups is 1. The number of carbonyl (C=O) groups excluding carboxylic acids is 3. The van der Waals surface area contributed by atoms with Gasteiger partial charge in [-0.15, -0.1) is 0 Å². The van der Waals surface area contributed by atoms with Crippen molar-refractivity contribution < 1.29 is 24.3 Å². The molecule has 4 rings (SSSR count). The molecule has 3 amide bonds. The van der Waals surface area contributed by atoms with Crippen LogP contribution in [0.1, 0.15) is 29.7 Å². The number of imidazole rings is 1. The van der Waals surface area contributed by atoms with Crippen molar-refractivity contribution in [2.24, 2.45) is 22.2 Å². The lowest BCUT2D eigenvalue weighted by molar-refractivity contribution is -0.142. The van der Waals surface area contributed by atoms with E-state index in [0.29, 0.717) is 18.7 Å². The fourth-order valence-corrected chi connectivity index (χ4v) is 5.08. The number of nitrogens with two attached hydrogens (primary N) is 3. The van der Waals surface area contributed by atoms with Gasteiger partial charge in [0.2, 0.25) is 17.7 Å². The number of para-hydroxylation sites is 1. The van der Waals surface area contributed by atoms with Crippen molar-refractivity contribution >= 4 is 40.6 Å². The number of carboxylic acid groups (broad SMARTS) is 1. The maximum Gasteiger partial charge on any atom is 0.326 e. The molecule has 47 heavy (non-hydrogen) atoms. The standard InChI is InChI=1S/C32H40N10O5/c33-23(10-6-12-37-32(34)35)28(43)40-25(13-19-7-2-1-3-8-19)29(44)41-26(14-20-16-38-24-11-5-4-9-22(20)24)30(45)42-27(31(46)47)15-21-17-36-18-39-21/h1-5,7-9,11,16-18,23,25-27,38H,6,10,12-15,33H2,(H,36,39)(H,40,43)(H,41,44)(H,42,45)(H,46,47)(H4,34,35,37)/t23-,25-,26-,27-/m0/s1. The van der Waals surface area contributed by atoms with Gasteiger partial charge >= 0.3 is 5.97 Å². The predicted octanol–water partition coefficient (Wildman–Crippen LogP) is -0.161. The Morgan fingerprint density at radius 3 is 2.17 bits per heavy atom. The van der Waals surface area contributed by atoms with E-state index in [1.165, 1.54) is 12.5 Å². The largest absolute Gasteiger partial charge is 0.480 e. The average molecular weight is 645 g/mol. The van der Waals surface area contributed by atoms with Gasteiger partial charge in [-0.05, 0) is 30.0 Å². The van der Waals surface area contributed by atoms with Gasteiger partial charge in [0, 0.05) is 54.8 Å². The lowest BCUT2D eigenvalue weighted by Crippen LogP contribution is -2.58. The number of aromatic amines is 2. The van der Waals surface area contributed by atoms with Crippen molar-refractivity contribution in [1.82, 2.24) is 30.9 Å². The van der Waals surface area contributed by atoms with Crippen molar-refractivity contribution in [3.05, 3.63) is 90.1 Å². The number of nitrogens with zero attached hydrogens (tertiary/aromatic N) is 2. The predicted molar refractivity (Wildman–Crippen MR) is 176 cm³/mol. The van der Waals surface area contributed by atoms with Crippen LogP contribution >= 0.6 is 0 Å². The molecule has 248 valence electrons. The molecule has 0 bridgehead atoms. The highest BCUT2D eigenvalue weighted by molar-refractivity contribution is 5.95. The second-order valence-corrected chi connectivity index (χ2v) is 11.1. The number of rotatable bonds is 17. The number of nitrogens with one attached hydrogen (secondary N) is 5. The Kier molecular flexibility index (Phi) is 12.0. The molecule has 2 aromatic heterocycles. The van der Waals surface area contributed by atoms with E-state index in [1.807, 2.05) is 42.5 Å². The Morgan fingerprint density at radius 1 is 0.830 bits per heavy atom. The van der Waals surface area contributed by atoms with Crippen molar-refractivity contribution in [3.8, 4) is 0 Å². The van der Waals surface area contributed by atoms with Crippen LogP contribution in [-0.2, 0) is 38.4 Å². The zero-order valence-electron chi connectivity index (χ0n) is 25.7. The van der Waals surface area contributed by atoms with E-state index in [2.05, 4.69) is 35.9 Å². The van der Waals surface area contributed by atoms with Crippen LogP contribution in [0, 0.1) is 0 Å². The van der Waals surface area contributed by atoms with E-state index in [1.54, 1.807) is 18.3 Å². The van der Waals surface area contributed by atoms with Crippen molar-refractivity contribution in [2.45, 2.75) is 56.3 Å². The van der Waals surface area contributed by atoms with E-state index >= 15 is 0 Å². The van der Waals surface area contributed by atoms with Crippen LogP contribution in [0.15, 0.2) is 78.3 Å². The first kappa shape index (κ1) is 34.2. The average Bonchev–Trinajstić information content (AvgIpc) is 3.72. The van der Waals surface area contributed by atoms with E-state index in [9.17, 15) is 24.3 Å². The number of hydrogen-bond acceptors (Lipinski definition) is 7. The number of fused-ring (bicyclic) bond motifs is 1. The Labute approximate surface area is 270 Å². The third kappa shape index (κ3) is 10.2. The molecule has 0 aliphatic carbocycles. The fraction of sp³-hybridized carbons (Fsp3) is 0.312. The summed E-state index contributed by atoms with van der Waals surface area (Å²) in [5.41, 5.74) is 19.7. The Hall–Kier alpha value is -5.70. The monoisotopic (exact) mass is 644 g/mol. The summed E-state index contributed by atoms with van der Waals surface area (Å²) in [5, 5.41) is 18.8. The molecule has 2 heterocycles. The Balaban J connectivity index is 1.56. The molecule has 0 radical (unpaired) electrons. The number of amides is 3. The molecule has 0 aliphatic rings. The highest BCUT2D eigenvalue weighted by atomic mass is 16.4. The normalized spacial score (nSPS) is 13.6. The van der Waals surface area contributed by atoms with E-state index in [0.717, 1.165) is 22.0 Å². The quantitative estimate of drug-likeness (QED) is 0.0419. The Bertz CT molecular complexity index is 1670. The second-order valence-electron chi connectivity index (χ2n) is 11.1. The van der Waals surface area contributed by atoms with Gasteiger partial charge in [-0.1, -0.05) is 48.5 Å². The summed E-state index contributed by atoms with van der Waals surface area (Å²) in [7, 11) is 0. The number of carbonyl (C=O) groups is 4. The molecule has 0 saturated carbocycles. The van der Waals surface area contributed by atoms with Crippen LogP contribution in [0.5, 0.6) is 0 Å². The molecule has 2 aromatic carbocycles. The lowest BCUT2D eigenvalue weighted by atomic mass is 10.0. The fourth-order valence-electron chi connectivity index (χ4n) is 5.08. The molecule has 15 nitrogen and oxygen atoms in total. The van der Waals surface area contributed by atoms with E-state index < -0.39 is 47.9 Å². The molecule has 15 heteroatoms. The van der Waals surface area contributed by atoms with Crippen molar-refractivity contribution in [1.29, 1.82) is 0 Å². The molecule has 4 atom stereocenters. The number of H-pyrrole nitrogens is 2. The molecule has 0 aliphatic heterocycles. The number of carboxylic acids is 1. The summed E-state index contributed by atoms with van der Waals surface area (Å²) in [4.78, 5) is 66.6. The molecule has 0 spiro atoms. The first-order valence-electron chi connectivity index (χ1n) is 15.1. The third-order valence-corrected chi connectivity index (χ3v) is 7.55. The molecule has 12 N–H and O–H groups in total. The van der Waals surface area contributed by atoms with E-state index in [4.69, 9.17) is 17.2 Å². The van der Waals surface area contributed by atoms with Gasteiger partial charge < -0.3 is 48.2 Å². The lowest BCUT2D eigenvalue weighted by Gasteiger charge is -2.25. The molecule has 4 aromatic rings. The summed E-state index contributed by atoms with van der Waals surface area (Å²) in [6, 6.07) is 12.0. The maximum atomic E-state index is 13.9. The zero-order valence-corrected chi connectivity index (χ0v) is 25.7. The van der Waals surface area contributed by atoms with Gasteiger partial charge in [0.25, 0.3) is 0 Å². The first-order chi connectivity index (χ1) is 22.6. The smallest absolute Gasteiger partial charge is 0.326 e. The topological polar surface area (TPSA) is 259 Å². The molecular weight excluding hydrogens is 604 g/mol. The summed E-state index contributed by atoms with van der Waals surface area (Å²) >= 11 is 0. The van der Waals surface area contributed by atoms with Gasteiger partial charge in [-0.2, -0.15) is 0 Å². The summed E-state index contributed by atoms with van der Waals surface area (Å²) in [6.07, 6.45) is 5.41. The van der Waals surface area contributed by atoms with Crippen molar-refractivity contribution in [2.75, 3.05) is 6.54 Å². The van der Waals surface area contributed by atoms with Crippen LogP contribution in [0.25, 0.3) is 10.9 Å². The van der Waals surface area contributed by atoms with Crippen LogP contribution in [0.4, 0.5) is 0 Å². The van der Waals surface area contributed by atoms with Crippen LogP contribution < -0.4 is 33.2 Å². The van der Waals surface area contributed by atoms with Gasteiger partial charge in [0.05, 0.1) is 12.4 Å². The first-order valence-corrected chi connectivity index (χ1v) is 15.1. The second kappa shape index (κ2) is 16.6. The molecule has 0 saturated heterocycles. The maximum absolute atomic E-state index is 13.9. The highest BCUT2D eigenvalue weighted by Crippen LogP contribution is 2.19. The number of aromatic nitrogens is 3. The number of aliphatic imine (C=N–C) groups is 1. The van der Waals surface area contributed by atoms with Crippen LogP contribution in [0.2, 0.25) is 0 Å². The summed E-state index contributed by atoms with van der Waals surface area (Å²) < 4.78 is 0. The summed E-state index contributed by atoms with van der Waals surface area (Å²) in [5.74, 6) is -3.24. The van der Waals surface area contributed by atoms with Gasteiger partial charge in [-0.3, -0.25) is 19.4 Å². The summed E-state index contributed by atoms with van der Waals surface area (Å²) in [6.45, 7) is 0.291. The Morgan fingerprint density at radius 2 is 1.49 bits per heavy atom. The third-order valence-electron chi connectivity index (χ3n) is 7.55. The molecule has 0 unspecified atom stereocenters. The van der Waals surface area contributed by atoms with E-state index in [-0.39, 0.29) is 31.6 Å². The number of hydrogen-bond donors (Lipinski definition) is 9. The molecule has 0 fully saturated rings.